The molecule has 0 saturated carbocycles. The first kappa shape index (κ1) is 17.5. The van der Waals surface area contributed by atoms with Crippen molar-refractivity contribution in [1.29, 1.82) is 0 Å². The Bertz CT molecular complexity index is 743. The molecule has 2 nitrogen and oxygen atoms in total. The second kappa shape index (κ2) is 8.67. The molecule has 0 aliphatic heterocycles. The molecule has 0 amide bonds. The van der Waals surface area contributed by atoms with Crippen molar-refractivity contribution in [2.45, 2.75) is 13.5 Å². The van der Waals surface area contributed by atoms with Gasteiger partial charge in [-0.05, 0) is 42.8 Å². The van der Waals surface area contributed by atoms with Crippen molar-refractivity contribution in [3.05, 3.63) is 84.6 Å². The number of rotatable bonds is 5. The zero-order chi connectivity index (χ0) is 15.2. The lowest BCUT2D eigenvalue weighted by Gasteiger charge is -2.07. The van der Waals surface area contributed by atoms with Crippen LogP contribution in [0.3, 0.4) is 0 Å². The van der Waals surface area contributed by atoms with Gasteiger partial charge in [-0.2, -0.15) is 4.57 Å². The Morgan fingerprint density at radius 3 is 2.43 bits per heavy atom. The van der Waals surface area contributed by atoms with Crippen LogP contribution in [0.5, 0.6) is 5.75 Å². The predicted octanol–water partition coefficient (Wildman–Crippen LogP) is 1.03. The van der Waals surface area contributed by atoms with Crippen LogP contribution in [0.25, 0.3) is 11.3 Å². The van der Waals surface area contributed by atoms with Crippen LogP contribution in [-0.4, -0.2) is 6.61 Å². The standard InChI is InChI=1S/C20H20NO.HI/c1-17-8-7-11-19(16-17)22-15-14-21-13-6-5-12-20(21)18-9-3-2-4-10-18;/h2-13,16H,14-15H2,1H3;1H/q+1;/p-1. The van der Waals surface area contributed by atoms with Crippen LogP contribution in [0.4, 0.5) is 0 Å². The smallest absolute Gasteiger partial charge is 0.212 e. The fraction of sp³-hybridized carbons (Fsp3) is 0.150. The first-order valence-corrected chi connectivity index (χ1v) is 7.56. The van der Waals surface area contributed by atoms with Crippen molar-refractivity contribution in [2.75, 3.05) is 6.61 Å². The lowest BCUT2D eigenvalue weighted by atomic mass is 10.1. The monoisotopic (exact) mass is 417 g/mol. The van der Waals surface area contributed by atoms with E-state index < -0.39 is 0 Å². The normalized spacial score (nSPS) is 9.96. The minimum atomic E-state index is 0. The van der Waals surface area contributed by atoms with Crippen LogP contribution in [0.1, 0.15) is 5.56 Å². The first-order valence-electron chi connectivity index (χ1n) is 7.56. The fourth-order valence-corrected chi connectivity index (χ4v) is 2.51. The van der Waals surface area contributed by atoms with E-state index in [1.54, 1.807) is 0 Å². The molecular weight excluding hydrogens is 397 g/mol. The Labute approximate surface area is 154 Å². The van der Waals surface area contributed by atoms with Gasteiger partial charge in [-0.3, -0.25) is 0 Å². The molecule has 3 aromatic rings. The minimum absolute atomic E-state index is 0. The SMILES string of the molecule is Cc1cccc(OCC[n+]2ccccc2-c2ccccc2)c1.[I-]. The average Bonchev–Trinajstić information content (AvgIpc) is 2.56. The Hall–Kier alpha value is -1.88. The van der Waals surface area contributed by atoms with Gasteiger partial charge in [0.2, 0.25) is 5.69 Å². The molecule has 118 valence electrons. The van der Waals surface area contributed by atoms with Gasteiger partial charge in [0.15, 0.2) is 12.7 Å². The highest BCUT2D eigenvalue weighted by Crippen LogP contribution is 2.14. The summed E-state index contributed by atoms with van der Waals surface area (Å²) in [5.74, 6) is 0.929. The van der Waals surface area contributed by atoms with Crippen LogP contribution in [0.2, 0.25) is 0 Å². The number of hydrogen-bond donors (Lipinski definition) is 0. The summed E-state index contributed by atoms with van der Waals surface area (Å²) >= 11 is 0. The molecular formula is C20H20INO. The molecule has 23 heavy (non-hydrogen) atoms. The third-order valence-electron chi connectivity index (χ3n) is 3.60. The van der Waals surface area contributed by atoms with Gasteiger partial charge in [0.05, 0.1) is 0 Å². The van der Waals surface area contributed by atoms with Gasteiger partial charge in [-0.15, -0.1) is 0 Å². The maximum atomic E-state index is 5.86. The van der Waals surface area contributed by atoms with Crippen LogP contribution in [0.15, 0.2) is 79.0 Å². The number of ether oxygens (including phenoxy) is 1. The fourth-order valence-electron chi connectivity index (χ4n) is 2.51. The molecule has 0 atom stereocenters. The molecule has 0 aliphatic carbocycles. The summed E-state index contributed by atoms with van der Waals surface area (Å²) in [5, 5.41) is 0. The first-order chi connectivity index (χ1) is 10.8. The van der Waals surface area contributed by atoms with Crippen LogP contribution >= 0.6 is 0 Å². The molecule has 0 unspecified atom stereocenters. The maximum absolute atomic E-state index is 5.86. The van der Waals surface area contributed by atoms with Gasteiger partial charge in [0, 0.05) is 17.7 Å². The molecule has 1 heterocycles. The predicted molar refractivity (Wildman–Crippen MR) is 88.7 cm³/mol. The number of halogens is 1. The van der Waals surface area contributed by atoms with E-state index in [-0.39, 0.29) is 24.0 Å². The van der Waals surface area contributed by atoms with Gasteiger partial charge in [0.1, 0.15) is 12.4 Å². The molecule has 3 rings (SSSR count). The summed E-state index contributed by atoms with van der Waals surface area (Å²) in [5.41, 5.74) is 3.64. The number of aromatic nitrogens is 1. The lowest BCUT2D eigenvalue weighted by Crippen LogP contribution is -3.00. The molecule has 0 N–H and O–H groups in total. The second-order valence-electron chi connectivity index (χ2n) is 5.31. The highest BCUT2D eigenvalue weighted by atomic mass is 127. The third kappa shape index (κ3) is 4.79. The van der Waals surface area contributed by atoms with E-state index in [4.69, 9.17) is 4.74 Å². The molecule has 0 fully saturated rings. The quantitative estimate of drug-likeness (QED) is 0.447. The van der Waals surface area contributed by atoms with E-state index in [0.29, 0.717) is 6.61 Å². The Morgan fingerprint density at radius 1 is 0.870 bits per heavy atom. The molecule has 0 aliphatic rings. The van der Waals surface area contributed by atoms with Crippen molar-refractivity contribution in [2.24, 2.45) is 0 Å². The Morgan fingerprint density at radius 2 is 1.65 bits per heavy atom. The number of pyridine rings is 1. The number of hydrogen-bond acceptors (Lipinski definition) is 1. The molecule has 0 saturated heterocycles. The number of benzene rings is 2. The van der Waals surface area contributed by atoms with Crippen molar-refractivity contribution in [3.63, 3.8) is 0 Å². The Kier molecular flexibility index (Phi) is 6.59. The zero-order valence-electron chi connectivity index (χ0n) is 13.2. The minimum Gasteiger partial charge on any atom is -1.00 e. The van der Waals surface area contributed by atoms with Crippen LogP contribution < -0.4 is 33.3 Å². The summed E-state index contributed by atoms with van der Waals surface area (Å²) in [4.78, 5) is 0. The van der Waals surface area contributed by atoms with Crippen molar-refractivity contribution in [1.82, 2.24) is 0 Å². The topological polar surface area (TPSA) is 13.1 Å². The van der Waals surface area contributed by atoms with Crippen LogP contribution in [-0.2, 0) is 6.54 Å². The van der Waals surface area contributed by atoms with E-state index in [9.17, 15) is 0 Å². The summed E-state index contributed by atoms with van der Waals surface area (Å²) in [6, 6.07) is 24.9. The molecule has 3 heteroatoms. The Balaban J connectivity index is 0.00000192. The van der Waals surface area contributed by atoms with Crippen molar-refractivity contribution < 1.29 is 33.3 Å². The van der Waals surface area contributed by atoms with E-state index in [0.717, 1.165) is 12.3 Å². The third-order valence-corrected chi connectivity index (χ3v) is 3.60. The van der Waals surface area contributed by atoms with Gasteiger partial charge in [0.25, 0.3) is 0 Å². The highest BCUT2D eigenvalue weighted by molar-refractivity contribution is 5.55. The van der Waals surface area contributed by atoms with E-state index in [1.165, 1.54) is 16.8 Å². The summed E-state index contributed by atoms with van der Waals surface area (Å²) in [7, 11) is 0. The van der Waals surface area contributed by atoms with Crippen LogP contribution in [0, 0.1) is 6.92 Å². The summed E-state index contributed by atoms with van der Waals surface area (Å²) in [6.07, 6.45) is 2.10. The number of aryl methyl sites for hydroxylation is 1. The summed E-state index contributed by atoms with van der Waals surface area (Å²) < 4.78 is 8.09. The average molecular weight is 417 g/mol. The highest BCUT2D eigenvalue weighted by Gasteiger charge is 2.11. The summed E-state index contributed by atoms with van der Waals surface area (Å²) in [6.45, 7) is 3.54. The molecule has 2 aromatic carbocycles. The molecule has 0 radical (unpaired) electrons. The van der Waals surface area contributed by atoms with E-state index in [1.807, 2.05) is 18.2 Å². The zero-order valence-corrected chi connectivity index (χ0v) is 15.3. The molecule has 0 bridgehead atoms. The number of nitrogens with zero attached hydrogens (tertiary/aromatic N) is 1. The molecule has 0 spiro atoms. The van der Waals surface area contributed by atoms with Gasteiger partial charge >= 0.3 is 0 Å². The van der Waals surface area contributed by atoms with E-state index >= 15 is 0 Å². The lowest BCUT2D eigenvalue weighted by molar-refractivity contribution is -0.686. The maximum Gasteiger partial charge on any atom is 0.212 e. The van der Waals surface area contributed by atoms with Gasteiger partial charge < -0.3 is 28.7 Å². The van der Waals surface area contributed by atoms with Crippen molar-refractivity contribution >= 4 is 0 Å². The second-order valence-corrected chi connectivity index (χ2v) is 5.31. The largest absolute Gasteiger partial charge is 1.00 e. The van der Waals surface area contributed by atoms with Gasteiger partial charge in [-0.25, -0.2) is 0 Å². The molecule has 1 aromatic heterocycles. The van der Waals surface area contributed by atoms with Crippen molar-refractivity contribution in [3.8, 4) is 17.0 Å². The van der Waals surface area contributed by atoms with E-state index in [2.05, 4.69) is 72.3 Å². The van der Waals surface area contributed by atoms with Gasteiger partial charge in [-0.1, -0.05) is 30.3 Å².